The number of aryl methyl sites for hydroxylation is 1. The first kappa shape index (κ1) is 21.1. The zero-order chi connectivity index (χ0) is 20.8. The van der Waals surface area contributed by atoms with Crippen molar-refractivity contribution >= 4 is 29.3 Å². The minimum Gasteiger partial charge on any atom is -0.452 e. The number of thioether (sulfide) groups is 1. The maximum atomic E-state index is 13.2. The first-order valence-corrected chi connectivity index (χ1v) is 8.92. The normalized spacial score (nSPS) is 11.4. The molecule has 0 fully saturated rings. The maximum absolute atomic E-state index is 13.2. The third kappa shape index (κ3) is 5.40. The largest absolute Gasteiger partial charge is 0.452 e. The number of aromatic amines is 1. The van der Waals surface area contributed by atoms with E-state index >= 15 is 0 Å². The minimum absolute atomic E-state index is 0.0113. The van der Waals surface area contributed by atoms with Gasteiger partial charge in [0.15, 0.2) is 17.7 Å². The maximum Gasteiger partial charge on any atom is 0.317 e. The average molecular weight is 407 g/mol. The van der Waals surface area contributed by atoms with Gasteiger partial charge in [0.2, 0.25) is 5.56 Å². The van der Waals surface area contributed by atoms with Gasteiger partial charge >= 0.3 is 5.97 Å². The van der Waals surface area contributed by atoms with Crippen LogP contribution in [0.15, 0.2) is 34.1 Å². The Hall–Kier alpha value is -3.19. The molecule has 7 nitrogen and oxygen atoms in total. The predicted molar refractivity (Wildman–Crippen MR) is 97.8 cm³/mol. The van der Waals surface area contributed by atoms with Crippen LogP contribution in [0.2, 0.25) is 0 Å². The van der Waals surface area contributed by atoms with Gasteiger partial charge in [0.05, 0.1) is 16.3 Å². The van der Waals surface area contributed by atoms with Gasteiger partial charge in [-0.3, -0.25) is 14.4 Å². The number of nitrogens with one attached hydrogen (secondary N) is 2. The van der Waals surface area contributed by atoms with Gasteiger partial charge in [0.1, 0.15) is 6.07 Å². The Labute approximate surface area is 162 Å². The summed E-state index contributed by atoms with van der Waals surface area (Å²) in [5.41, 5.74) is 0.312. The second-order valence-corrected chi connectivity index (χ2v) is 6.66. The number of hydrogen-bond acceptors (Lipinski definition) is 6. The number of pyridine rings is 1. The number of hydrogen-bond donors (Lipinski definition) is 2. The molecule has 0 saturated carbocycles. The number of nitriles is 1. The van der Waals surface area contributed by atoms with E-state index in [9.17, 15) is 23.2 Å². The Morgan fingerprint density at radius 3 is 2.68 bits per heavy atom. The van der Waals surface area contributed by atoms with Crippen molar-refractivity contribution in [2.45, 2.75) is 25.0 Å². The quantitative estimate of drug-likeness (QED) is 0.562. The van der Waals surface area contributed by atoms with Gasteiger partial charge in [0.25, 0.3) is 5.91 Å². The van der Waals surface area contributed by atoms with Crippen molar-refractivity contribution in [3.05, 3.63) is 57.4 Å². The first-order chi connectivity index (χ1) is 13.2. The smallest absolute Gasteiger partial charge is 0.317 e. The SMILES string of the molecule is Cc1cc(=O)[nH]c(SCC(=O)O[C@H](C)C(=O)Nc2ccc(F)c(F)c2)c1C#N. The number of amides is 1. The van der Waals surface area contributed by atoms with E-state index in [2.05, 4.69) is 10.3 Å². The summed E-state index contributed by atoms with van der Waals surface area (Å²) in [7, 11) is 0. The number of nitrogens with zero attached hydrogens (tertiary/aromatic N) is 1. The highest BCUT2D eigenvalue weighted by Gasteiger charge is 2.19. The molecule has 1 aromatic carbocycles. The molecule has 146 valence electrons. The Balaban J connectivity index is 1.94. The summed E-state index contributed by atoms with van der Waals surface area (Å²) in [4.78, 5) is 37.9. The lowest BCUT2D eigenvalue weighted by Crippen LogP contribution is -2.30. The topological polar surface area (TPSA) is 112 Å². The molecule has 0 unspecified atom stereocenters. The molecule has 0 bridgehead atoms. The fourth-order valence-electron chi connectivity index (χ4n) is 2.14. The average Bonchev–Trinajstić information content (AvgIpc) is 2.62. The Kier molecular flexibility index (Phi) is 6.89. The molecule has 0 aliphatic rings. The lowest BCUT2D eigenvalue weighted by Gasteiger charge is -2.14. The summed E-state index contributed by atoms with van der Waals surface area (Å²) in [5, 5.41) is 11.7. The Bertz CT molecular complexity index is 1020. The standard InChI is InChI=1S/C18H15F2N3O4S/c1-9-5-15(24)23-18(12(9)7-21)28-8-16(25)27-10(2)17(26)22-11-3-4-13(19)14(20)6-11/h3-6,10H,8H2,1-2H3,(H,22,26)(H,23,24)/t10-/m1/s1. The van der Waals surface area contributed by atoms with E-state index in [-0.39, 0.29) is 22.0 Å². The monoisotopic (exact) mass is 407 g/mol. The van der Waals surface area contributed by atoms with Crippen molar-refractivity contribution in [3.63, 3.8) is 0 Å². The van der Waals surface area contributed by atoms with Gasteiger partial charge < -0.3 is 15.0 Å². The number of anilines is 1. The number of esters is 1. The third-order valence-electron chi connectivity index (χ3n) is 3.52. The van der Waals surface area contributed by atoms with Gasteiger partial charge in [-0.25, -0.2) is 8.78 Å². The molecule has 0 aliphatic heterocycles. The number of benzene rings is 1. The van der Waals surface area contributed by atoms with Crippen LogP contribution in [-0.2, 0) is 14.3 Å². The van der Waals surface area contributed by atoms with Crippen molar-refractivity contribution < 1.29 is 23.1 Å². The predicted octanol–water partition coefficient (Wildman–Crippen LogP) is 2.50. The van der Waals surface area contributed by atoms with E-state index < -0.39 is 35.2 Å². The molecule has 1 amide bonds. The molecule has 0 aliphatic carbocycles. The van der Waals surface area contributed by atoms with Crippen LogP contribution in [-0.4, -0.2) is 28.7 Å². The molecule has 28 heavy (non-hydrogen) atoms. The molecular weight excluding hydrogens is 392 g/mol. The number of aromatic nitrogens is 1. The molecule has 2 N–H and O–H groups in total. The number of H-pyrrole nitrogens is 1. The highest BCUT2D eigenvalue weighted by atomic mass is 32.2. The van der Waals surface area contributed by atoms with Crippen LogP contribution in [0.1, 0.15) is 18.1 Å². The molecule has 0 radical (unpaired) electrons. The van der Waals surface area contributed by atoms with Crippen LogP contribution < -0.4 is 10.9 Å². The van der Waals surface area contributed by atoms with E-state index in [4.69, 9.17) is 10.00 Å². The third-order valence-corrected chi connectivity index (χ3v) is 4.49. The molecular formula is C18H15F2N3O4S. The van der Waals surface area contributed by atoms with Crippen LogP contribution in [0.4, 0.5) is 14.5 Å². The zero-order valence-electron chi connectivity index (χ0n) is 14.8. The van der Waals surface area contributed by atoms with Crippen LogP contribution in [0.25, 0.3) is 0 Å². The van der Waals surface area contributed by atoms with Crippen molar-refractivity contribution in [2.75, 3.05) is 11.1 Å². The van der Waals surface area contributed by atoms with E-state index in [1.807, 2.05) is 6.07 Å². The second-order valence-electron chi connectivity index (χ2n) is 5.67. The Morgan fingerprint density at radius 1 is 1.32 bits per heavy atom. The molecule has 1 atom stereocenters. The lowest BCUT2D eigenvalue weighted by atomic mass is 10.2. The van der Waals surface area contributed by atoms with E-state index in [0.29, 0.717) is 5.56 Å². The van der Waals surface area contributed by atoms with Crippen LogP contribution in [0, 0.1) is 29.9 Å². The number of ether oxygens (including phenoxy) is 1. The number of carbonyl (C=O) groups excluding carboxylic acids is 2. The molecule has 10 heteroatoms. The summed E-state index contributed by atoms with van der Waals surface area (Å²) in [6.45, 7) is 2.91. The van der Waals surface area contributed by atoms with Crippen molar-refractivity contribution in [2.24, 2.45) is 0 Å². The number of halogens is 2. The summed E-state index contributed by atoms with van der Waals surface area (Å²) in [6.07, 6.45) is -1.20. The van der Waals surface area contributed by atoms with E-state index in [1.165, 1.54) is 13.0 Å². The van der Waals surface area contributed by atoms with Gasteiger partial charge in [-0.05, 0) is 31.5 Å². The fraction of sp³-hybridized carbons (Fsp3) is 0.222. The molecule has 0 saturated heterocycles. The van der Waals surface area contributed by atoms with Crippen LogP contribution in [0.5, 0.6) is 0 Å². The van der Waals surface area contributed by atoms with E-state index in [1.54, 1.807) is 6.92 Å². The molecule has 2 rings (SSSR count). The number of rotatable bonds is 6. The Morgan fingerprint density at radius 2 is 2.04 bits per heavy atom. The highest BCUT2D eigenvalue weighted by molar-refractivity contribution is 7.99. The van der Waals surface area contributed by atoms with Gasteiger partial charge in [0, 0.05) is 17.8 Å². The van der Waals surface area contributed by atoms with Crippen molar-refractivity contribution in [3.8, 4) is 6.07 Å². The summed E-state index contributed by atoms with van der Waals surface area (Å²) >= 11 is 0.894. The molecule has 1 aromatic heterocycles. The minimum atomic E-state index is -1.20. The second kappa shape index (κ2) is 9.14. The zero-order valence-corrected chi connectivity index (χ0v) is 15.7. The fourth-order valence-corrected chi connectivity index (χ4v) is 2.99. The van der Waals surface area contributed by atoms with Crippen LogP contribution >= 0.6 is 11.8 Å². The van der Waals surface area contributed by atoms with Crippen molar-refractivity contribution in [1.29, 1.82) is 5.26 Å². The van der Waals surface area contributed by atoms with Crippen molar-refractivity contribution in [1.82, 2.24) is 4.98 Å². The molecule has 2 aromatic rings. The summed E-state index contributed by atoms with van der Waals surface area (Å²) in [5.74, 6) is -3.92. The summed E-state index contributed by atoms with van der Waals surface area (Å²) in [6, 6.07) is 6.03. The van der Waals surface area contributed by atoms with Gasteiger partial charge in [-0.15, -0.1) is 0 Å². The number of carbonyl (C=O) groups is 2. The van der Waals surface area contributed by atoms with E-state index in [0.717, 1.165) is 30.0 Å². The van der Waals surface area contributed by atoms with Gasteiger partial charge in [-0.1, -0.05) is 11.8 Å². The lowest BCUT2D eigenvalue weighted by molar-refractivity contribution is -0.150. The van der Waals surface area contributed by atoms with Gasteiger partial charge in [-0.2, -0.15) is 5.26 Å². The first-order valence-electron chi connectivity index (χ1n) is 7.93. The molecule has 1 heterocycles. The van der Waals surface area contributed by atoms with Crippen LogP contribution in [0.3, 0.4) is 0 Å². The molecule has 0 spiro atoms. The highest BCUT2D eigenvalue weighted by Crippen LogP contribution is 2.21. The summed E-state index contributed by atoms with van der Waals surface area (Å²) < 4.78 is 31.0.